The number of aromatic nitrogens is 1. The Balaban J connectivity index is 1.67. The van der Waals surface area contributed by atoms with Gasteiger partial charge < -0.3 is 10.3 Å². The van der Waals surface area contributed by atoms with Gasteiger partial charge in [0, 0.05) is 22.3 Å². The topological polar surface area (TPSA) is 27.8 Å². The molecule has 5 rings (SSSR count). The number of H-pyrrole nitrogens is 1. The van der Waals surface area contributed by atoms with Crippen LogP contribution < -0.4 is 5.32 Å². The molecule has 3 unspecified atom stereocenters. The molecule has 1 saturated carbocycles. The van der Waals surface area contributed by atoms with E-state index in [0.29, 0.717) is 6.04 Å². The molecular weight excluding hydrogens is 280 g/mol. The quantitative estimate of drug-likeness (QED) is 0.638. The van der Waals surface area contributed by atoms with Gasteiger partial charge in [0.2, 0.25) is 0 Å². The Hall–Kier alpha value is -1.80. The molecule has 2 heteroatoms. The second kappa shape index (κ2) is 5.38. The van der Waals surface area contributed by atoms with E-state index in [1.165, 1.54) is 66.0 Å². The minimum Gasteiger partial charge on any atom is -0.354 e. The number of aromatic amines is 1. The largest absolute Gasteiger partial charge is 0.354 e. The third kappa shape index (κ3) is 2.12. The number of piperidine rings is 1. The molecule has 1 saturated heterocycles. The highest BCUT2D eigenvalue weighted by Gasteiger charge is 2.36. The molecule has 2 nitrogen and oxygen atoms in total. The molecule has 2 heterocycles. The number of para-hydroxylation sites is 2. The van der Waals surface area contributed by atoms with E-state index >= 15 is 0 Å². The van der Waals surface area contributed by atoms with Crippen molar-refractivity contribution >= 4 is 21.8 Å². The molecule has 2 N–H and O–H groups in total. The lowest BCUT2D eigenvalue weighted by Crippen LogP contribution is -2.41. The number of benzene rings is 2. The molecule has 2 aromatic carbocycles. The van der Waals surface area contributed by atoms with Crippen molar-refractivity contribution in [2.24, 2.45) is 11.8 Å². The Kier molecular flexibility index (Phi) is 3.19. The lowest BCUT2D eigenvalue weighted by Gasteiger charge is -2.42. The highest BCUT2D eigenvalue weighted by molar-refractivity contribution is 6.08. The molecule has 23 heavy (non-hydrogen) atoms. The van der Waals surface area contributed by atoms with E-state index in [4.69, 9.17) is 0 Å². The van der Waals surface area contributed by atoms with E-state index < -0.39 is 0 Å². The van der Waals surface area contributed by atoms with Gasteiger partial charge in [0.25, 0.3) is 0 Å². The van der Waals surface area contributed by atoms with Crippen LogP contribution in [0.15, 0.2) is 42.5 Å². The minimum absolute atomic E-state index is 0.519. The van der Waals surface area contributed by atoms with Crippen LogP contribution in [0.1, 0.15) is 43.7 Å². The Morgan fingerprint density at radius 2 is 1.70 bits per heavy atom. The molecule has 0 radical (unpaired) electrons. The molecule has 1 aliphatic carbocycles. The molecule has 3 aromatic rings. The normalized spacial score (nSPS) is 28.1. The van der Waals surface area contributed by atoms with Gasteiger partial charge in [-0.2, -0.15) is 0 Å². The smallest absolute Gasteiger partial charge is 0.0513 e. The van der Waals surface area contributed by atoms with Gasteiger partial charge in [0.05, 0.1) is 5.52 Å². The van der Waals surface area contributed by atoms with Crippen LogP contribution in [0.5, 0.6) is 0 Å². The average molecular weight is 304 g/mol. The van der Waals surface area contributed by atoms with Crippen molar-refractivity contribution in [2.45, 2.75) is 38.1 Å². The van der Waals surface area contributed by atoms with Crippen molar-refractivity contribution in [1.29, 1.82) is 0 Å². The predicted octanol–water partition coefficient (Wildman–Crippen LogP) is 5.16. The van der Waals surface area contributed by atoms with Gasteiger partial charge in [-0.15, -0.1) is 0 Å². The summed E-state index contributed by atoms with van der Waals surface area (Å²) in [7, 11) is 0. The van der Waals surface area contributed by atoms with Gasteiger partial charge in [-0.3, -0.25) is 0 Å². The maximum atomic E-state index is 3.85. The fourth-order valence-corrected chi connectivity index (χ4v) is 5.10. The summed E-state index contributed by atoms with van der Waals surface area (Å²) >= 11 is 0. The van der Waals surface area contributed by atoms with Gasteiger partial charge in [-0.05, 0) is 42.9 Å². The van der Waals surface area contributed by atoms with Gasteiger partial charge >= 0.3 is 0 Å². The van der Waals surface area contributed by atoms with Crippen LogP contribution in [0, 0.1) is 11.8 Å². The Morgan fingerprint density at radius 3 is 2.70 bits per heavy atom. The van der Waals surface area contributed by atoms with Crippen molar-refractivity contribution in [3.8, 4) is 0 Å². The average Bonchev–Trinajstić information content (AvgIpc) is 3.00. The summed E-state index contributed by atoms with van der Waals surface area (Å²) in [6.07, 6.45) is 7.03. The lowest BCUT2D eigenvalue weighted by atomic mass is 9.70. The van der Waals surface area contributed by atoms with Crippen molar-refractivity contribution in [2.75, 3.05) is 6.54 Å². The number of fused-ring (bicyclic) bond motifs is 4. The molecular formula is C21H24N2. The molecule has 0 amide bonds. The summed E-state index contributed by atoms with van der Waals surface area (Å²) in [5.41, 5.74) is 4.08. The first-order valence-electron chi connectivity index (χ1n) is 9.14. The van der Waals surface area contributed by atoms with Crippen molar-refractivity contribution < 1.29 is 0 Å². The maximum absolute atomic E-state index is 3.85. The zero-order chi connectivity index (χ0) is 15.2. The Morgan fingerprint density at radius 1 is 0.826 bits per heavy atom. The van der Waals surface area contributed by atoms with Crippen LogP contribution >= 0.6 is 0 Å². The summed E-state index contributed by atoms with van der Waals surface area (Å²) in [5.74, 6) is 1.74. The first-order valence-corrected chi connectivity index (χ1v) is 9.14. The van der Waals surface area contributed by atoms with E-state index in [2.05, 4.69) is 52.8 Å². The summed E-state index contributed by atoms with van der Waals surface area (Å²) in [5, 5.41) is 6.57. The number of hydrogen-bond donors (Lipinski definition) is 2. The second-order valence-corrected chi connectivity index (χ2v) is 7.37. The first kappa shape index (κ1) is 13.6. The number of nitrogens with one attached hydrogen (secondary N) is 2. The molecule has 0 bridgehead atoms. The fraction of sp³-hybridized carbons (Fsp3) is 0.429. The molecule has 1 aromatic heterocycles. The van der Waals surface area contributed by atoms with Gasteiger partial charge in [-0.1, -0.05) is 55.7 Å². The predicted molar refractivity (Wildman–Crippen MR) is 96.6 cm³/mol. The second-order valence-electron chi connectivity index (χ2n) is 7.37. The zero-order valence-electron chi connectivity index (χ0n) is 13.5. The zero-order valence-corrected chi connectivity index (χ0v) is 13.5. The summed E-state index contributed by atoms with van der Waals surface area (Å²) in [6, 6.07) is 16.0. The Bertz CT molecular complexity index is 845. The van der Waals surface area contributed by atoms with E-state index in [1.54, 1.807) is 0 Å². The van der Waals surface area contributed by atoms with Crippen molar-refractivity contribution in [3.63, 3.8) is 0 Å². The van der Waals surface area contributed by atoms with Crippen molar-refractivity contribution in [1.82, 2.24) is 10.3 Å². The van der Waals surface area contributed by atoms with Crippen LogP contribution in [0.2, 0.25) is 0 Å². The number of rotatable bonds is 1. The van der Waals surface area contributed by atoms with E-state index in [0.717, 1.165) is 11.8 Å². The molecule has 118 valence electrons. The molecule has 1 aliphatic heterocycles. The van der Waals surface area contributed by atoms with Gasteiger partial charge in [-0.25, -0.2) is 0 Å². The Labute approximate surface area is 137 Å². The lowest BCUT2D eigenvalue weighted by molar-refractivity contribution is 0.135. The van der Waals surface area contributed by atoms with Crippen LogP contribution in [0.3, 0.4) is 0 Å². The third-order valence-electron chi connectivity index (χ3n) is 6.18. The molecule has 3 atom stereocenters. The molecule has 2 fully saturated rings. The first-order chi connectivity index (χ1) is 11.4. The van der Waals surface area contributed by atoms with E-state index in [9.17, 15) is 0 Å². The van der Waals surface area contributed by atoms with E-state index in [-0.39, 0.29) is 0 Å². The maximum Gasteiger partial charge on any atom is 0.0513 e. The monoisotopic (exact) mass is 304 g/mol. The highest BCUT2D eigenvalue weighted by atomic mass is 14.9. The van der Waals surface area contributed by atoms with Crippen LogP contribution in [-0.4, -0.2) is 11.5 Å². The highest BCUT2D eigenvalue weighted by Crippen LogP contribution is 2.44. The SMILES string of the molecule is c1ccc2c(c1)[nH]c1c(C3NCCC4CCCCC43)cccc12. The van der Waals surface area contributed by atoms with E-state index in [1.807, 2.05) is 0 Å². The van der Waals surface area contributed by atoms with Gasteiger partial charge in [0.15, 0.2) is 0 Å². The minimum atomic E-state index is 0.519. The fourth-order valence-electron chi connectivity index (χ4n) is 5.10. The van der Waals surface area contributed by atoms with Crippen LogP contribution in [0.4, 0.5) is 0 Å². The number of hydrogen-bond acceptors (Lipinski definition) is 1. The van der Waals surface area contributed by atoms with Crippen LogP contribution in [0.25, 0.3) is 21.8 Å². The van der Waals surface area contributed by atoms with Gasteiger partial charge in [0.1, 0.15) is 0 Å². The summed E-state index contributed by atoms with van der Waals surface area (Å²) in [4.78, 5) is 3.70. The van der Waals surface area contributed by atoms with Crippen molar-refractivity contribution in [3.05, 3.63) is 48.0 Å². The van der Waals surface area contributed by atoms with Crippen LogP contribution in [-0.2, 0) is 0 Å². The molecule has 0 spiro atoms. The standard InChI is InChI=1S/C21H24N2/c1-2-7-15-14(6-1)12-13-22-20(15)18-10-5-9-17-16-8-3-4-11-19(16)23-21(17)18/h3-5,8-11,14-15,20,22-23H,1-2,6-7,12-13H2. The molecule has 2 aliphatic rings. The summed E-state index contributed by atoms with van der Waals surface area (Å²) < 4.78 is 0. The summed E-state index contributed by atoms with van der Waals surface area (Å²) in [6.45, 7) is 1.17. The third-order valence-corrected chi connectivity index (χ3v) is 6.18.